The zero-order chi connectivity index (χ0) is 14.1. The average Bonchev–Trinajstić information content (AvgIpc) is 2.80. The molecule has 2 aromatic rings. The summed E-state index contributed by atoms with van der Waals surface area (Å²) in [5.41, 5.74) is 1.99. The Morgan fingerprint density at radius 3 is 2.63 bits per heavy atom. The zero-order valence-corrected chi connectivity index (χ0v) is 11.3. The van der Waals surface area contributed by atoms with Crippen molar-refractivity contribution in [1.29, 1.82) is 0 Å². The van der Waals surface area contributed by atoms with Crippen LogP contribution in [-0.2, 0) is 16.6 Å². The predicted molar refractivity (Wildman–Crippen MR) is 73.2 cm³/mol. The van der Waals surface area contributed by atoms with Gasteiger partial charge in [-0.1, -0.05) is 0 Å². The largest absolute Gasteiger partial charge is 0.468 e. The number of nitrogens with zero attached hydrogens (tertiary/aromatic N) is 3. The molecule has 0 aliphatic rings. The molecular formula is C13H18N4O2. The summed E-state index contributed by atoms with van der Waals surface area (Å²) in [4.78, 5) is 13.4. The number of nitrogens with one attached hydrogen (secondary N) is 1. The highest BCUT2D eigenvalue weighted by Crippen LogP contribution is 2.13. The first kappa shape index (κ1) is 14.7. The van der Waals surface area contributed by atoms with Gasteiger partial charge in [0.15, 0.2) is 0 Å². The number of aryl methyl sites for hydroxylation is 2. The van der Waals surface area contributed by atoms with Gasteiger partial charge in [0.1, 0.15) is 5.82 Å². The number of rotatable bonds is 4. The first-order chi connectivity index (χ1) is 9.17. The molecule has 19 heavy (non-hydrogen) atoms. The van der Waals surface area contributed by atoms with E-state index in [4.69, 9.17) is 0 Å². The normalized spacial score (nSPS) is 9.21. The number of hydrogen-bond acceptors (Lipinski definition) is 5. The van der Waals surface area contributed by atoms with Crippen molar-refractivity contribution in [3.8, 4) is 0 Å². The van der Waals surface area contributed by atoms with Gasteiger partial charge in [0.25, 0.3) is 6.47 Å². The van der Waals surface area contributed by atoms with Crippen molar-refractivity contribution in [3.63, 3.8) is 0 Å². The minimum absolute atomic E-state index is 0.431. The Hall–Kier alpha value is -2.37. The Kier molecular flexibility index (Phi) is 6.08. The van der Waals surface area contributed by atoms with Crippen molar-refractivity contribution < 1.29 is 9.53 Å². The highest BCUT2D eigenvalue weighted by molar-refractivity contribution is 5.54. The maximum absolute atomic E-state index is 9.18. The van der Waals surface area contributed by atoms with E-state index >= 15 is 0 Å². The molecule has 2 rings (SSSR count). The van der Waals surface area contributed by atoms with Crippen molar-refractivity contribution in [2.75, 3.05) is 11.9 Å². The smallest absolute Gasteiger partial charge is 0.293 e. The van der Waals surface area contributed by atoms with Gasteiger partial charge >= 0.3 is 0 Å². The second-order valence-corrected chi connectivity index (χ2v) is 3.70. The molecule has 0 radical (unpaired) electrons. The molecule has 0 atom stereocenters. The van der Waals surface area contributed by atoms with Crippen LogP contribution in [0.5, 0.6) is 0 Å². The molecule has 2 heterocycles. The molecule has 6 nitrogen and oxygen atoms in total. The summed E-state index contributed by atoms with van der Waals surface area (Å²) in [5.74, 6) is 0.954. The highest BCUT2D eigenvalue weighted by atomic mass is 16.5. The molecule has 0 saturated heterocycles. The van der Waals surface area contributed by atoms with E-state index in [1.165, 1.54) is 0 Å². The molecule has 0 aliphatic heterocycles. The summed E-state index contributed by atoms with van der Waals surface area (Å²) >= 11 is 0. The van der Waals surface area contributed by atoms with Crippen molar-refractivity contribution in [2.24, 2.45) is 7.05 Å². The molecule has 2 aromatic heterocycles. The van der Waals surface area contributed by atoms with E-state index in [0.717, 1.165) is 17.2 Å². The van der Waals surface area contributed by atoms with Gasteiger partial charge in [-0.25, -0.2) is 0 Å². The maximum atomic E-state index is 9.18. The minimum atomic E-state index is 0.431. The third kappa shape index (κ3) is 5.20. The van der Waals surface area contributed by atoms with Crippen molar-refractivity contribution in [1.82, 2.24) is 14.8 Å². The Labute approximate surface area is 112 Å². The lowest BCUT2D eigenvalue weighted by Crippen LogP contribution is -1.99. The molecule has 0 bridgehead atoms. The fourth-order valence-corrected chi connectivity index (χ4v) is 1.25. The van der Waals surface area contributed by atoms with Gasteiger partial charge in [-0.3, -0.25) is 14.5 Å². The number of pyridine rings is 1. The van der Waals surface area contributed by atoms with Crippen LogP contribution in [0.25, 0.3) is 0 Å². The average molecular weight is 262 g/mol. The van der Waals surface area contributed by atoms with Crippen LogP contribution in [-0.4, -0.2) is 27.8 Å². The first-order valence-electron chi connectivity index (χ1n) is 5.90. The standard InChI is InChI=1S/C10H12N4.C3H6O2/c1-8-3-4-9(7-11-8)13-10-5-6-12-14(10)2;1-2-5-3-4/h3-7,13H,1-2H3;3H,2H2,1H3. The van der Waals surface area contributed by atoms with E-state index in [9.17, 15) is 4.79 Å². The number of carbonyl (C=O) groups is 1. The fourth-order valence-electron chi connectivity index (χ4n) is 1.25. The third-order valence-electron chi connectivity index (χ3n) is 2.24. The highest BCUT2D eigenvalue weighted by Gasteiger charge is 1.98. The number of anilines is 2. The minimum Gasteiger partial charge on any atom is -0.468 e. The quantitative estimate of drug-likeness (QED) is 0.854. The monoisotopic (exact) mass is 262 g/mol. The van der Waals surface area contributed by atoms with Crippen LogP contribution >= 0.6 is 0 Å². The Bertz CT molecular complexity index is 494. The van der Waals surface area contributed by atoms with Crippen LogP contribution in [0.15, 0.2) is 30.6 Å². The number of ether oxygens (including phenoxy) is 1. The van der Waals surface area contributed by atoms with Gasteiger partial charge in [-0.05, 0) is 26.0 Å². The molecule has 0 fully saturated rings. The van der Waals surface area contributed by atoms with Crippen molar-refractivity contribution >= 4 is 18.0 Å². The summed E-state index contributed by atoms with van der Waals surface area (Å²) in [7, 11) is 1.89. The van der Waals surface area contributed by atoms with E-state index in [2.05, 4.69) is 20.1 Å². The molecule has 0 aliphatic carbocycles. The molecule has 0 unspecified atom stereocenters. The van der Waals surface area contributed by atoms with Crippen molar-refractivity contribution in [2.45, 2.75) is 13.8 Å². The van der Waals surface area contributed by atoms with Crippen LogP contribution < -0.4 is 5.32 Å². The summed E-state index contributed by atoms with van der Waals surface area (Å²) in [5, 5.41) is 7.28. The van der Waals surface area contributed by atoms with Gasteiger partial charge in [0.05, 0.1) is 24.7 Å². The lowest BCUT2D eigenvalue weighted by atomic mass is 10.3. The Morgan fingerprint density at radius 1 is 1.42 bits per heavy atom. The van der Waals surface area contributed by atoms with E-state index < -0.39 is 0 Å². The maximum Gasteiger partial charge on any atom is 0.293 e. The second kappa shape index (κ2) is 7.86. The number of carbonyl (C=O) groups excluding carboxylic acids is 1. The van der Waals surface area contributed by atoms with Gasteiger partial charge in [0.2, 0.25) is 0 Å². The van der Waals surface area contributed by atoms with Crippen LogP contribution in [0.4, 0.5) is 11.5 Å². The van der Waals surface area contributed by atoms with Crippen LogP contribution in [0.1, 0.15) is 12.6 Å². The molecule has 0 aromatic carbocycles. The summed E-state index contributed by atoms with van der Waals surface area (Å²) in [6.45, 7) is 4.63. The molecule has 6 heteroatoms. The van der Waals surface area contributed by atoms with Crippen LogP contribution in [0, 0.1) is 6.92 Å². The Morgan fingerprint density at radius 2 is 2.21 bits per heavy atom. The van der Waals surface area contributed by atoms with E-state index in [1.54, 1.807) is 17.8 Å². The van der Waals surface area contributed by atoms with E-state index in [0.29, 0.717) is 13.1 Å². The first-order valence-corrected chi connectivity index (χ1v) is 5.90. The van der Waals surface area contributed by atoms with E-state index in [-0.39, 0.29) is 0 Å². The SMILES string of the molecule is CCOC=O.Cc1ccc(Nc2ccnn2C)cn1. The van der Waals surface area contributed by atoms with E-state index in [1.807, 2.05) is 38.4 Å². The van der Waals surface area contributed by atoms with Gasteiger partial charge in [0, 0.05) is 18.8 Å². The molecular weight excluding hydrogens is 244 g/mol. The third-order valence-corrected chi connectivity index (χ3v) is 2.24. The fraction of sp³-hybridized carbons (Fsp3) is 0.308. The van der Waals surface area contributed by atoms with Gasteiger partial charge < -0.3 is 10.1 Å². The zero-order valence-electron chi connectivity index (χ0n) is 11.3. The van der Waals surface area contributed by atoms with Crippen molar-refractivity contribution in [3.05, 3.63) is 36.3 Å². The second-order valence-electron chi connectivity index (χ2n) is 3.70. The summed E-state index contributed by atoms with van der Waals surface area (Å²) in [6.07, 6.45) is 3.56. The lowest BCUT2D eigenvalue weighted by molar-refractivity contribution is -0.128. The van der Waals surface area contributed by atoms with Crippen LogP contribution in [0.2, 0.25) is 0 Å². The summed E-state index contributed by atoms with van der Waals surface area (Å²) in [6, 6.07) is 5.88. The summed E-state index contributed by atoms with van der Waals surface area (Å²) < 4.78 is 5.93. The molecule has 0 amide bonds. The topological polar surface area (TPSA) is 69.0 Å². The molecule has 1 N–H and O–H groups in total. The number of aromatic nitrogens is 3. The van der Waals surface area contributed by atoms with Crippen LogP contribution in [0.3, 0.4) is 0 Å². The van der Waals surface area contributed by atoms with Gasteiger partial charge in [-0.2, -0.15) is 5.10 Å². The molecule has 0 spiro atoms. The molecule has 102 valence electrons. The Balaban J connectivity index is 0.000000312. The number of hydrogen-bond donors (Lipinski definition) is 1. The van der Waals surface area contributed by atoms with Gasteiger partial charge in [-0.15, -0.1) is 0 Å². The lowest BCUT2D eigenvalue weighted by Gasteiger charge is -2.05. The predicted octanol–water partition coefficient (Wildman–Crippen LogP) is 2.05. The molecule has 0 saturated carbocycles.